The van der Waals surface area contributed by atoms with Crippen molar-refractivity contribution in [3.8, 4) is 11.5 Å². The minimum Gasteiger partial charge on any atom is -0.504 e. The number of azo groups is 1. The number of rotatable bonds is 5. The lowest BCUT2D eigenvalue weighted by Crippen LogP contribution is -2.25. The SMILES string of the molecule is COc1cc(C2Sc3ccccc3N=C(c3c[nH]c4ccccc34)C2N=Nc2cccc(Cl)c2)ccc1O. The second-order valence-electron chi connectivity index (χ2n) is 8.82. The van der Waals surface area contributed by atoms with Crippen molar-refractivity contribution in [3.63, 3.8) is 0 Å². The van der Waals surface area contributed by atoms with Crippen LogP contribution in [-0.2, 0) is 0 Å². The predicted octanol–water partition coefficient (Wildman–Crippen LogP) is 8.66. The normalized spacial score (nSPS) is 17.3. The summed E-state index contributed by atoms with van der Waals surface area (Å²) in [4.78, 5) is 9.61. The summed E-state index contributed by atoms with van der Waals surface area (Å²) in [5, 5.41) is 21.3. The number of thioether (sulfide) groups is 1. The Bertz CT molecular complexity index is 1700. The maximum atomic E-state index is 10.3. The molecule has 0 amide bonds. The van der Waals surface area contributed by atoms with E-state index in [9.17, 15) is 5.11 Å². The zero-order chi connectivity index (χ0) is 26.1. The highest BCUT2D eigenvalue weighted by atomic mass is 35.5. The first-order valence-electron chi connectivity index (χ1n) is 12.0. The first kappa shape index (κ1) is 24.3. The smallest absolute Gasteiger partial charge is 0.160 e. The highest BCUT2D eigenvalue weighted by Gasteiger charge is 2.35. The van der Waals surface area contributed by atoms with Gasteiger partial charge in [-0.15, -0.1) is 11.8 Å². The van der Waals surface area contributed by atoms with Crippen LogP contribution in [0, 0.1) is 0 Å². The molecule has 1 aliphatic heterocycles. The molecule has 6 rings (SSSR count). The van der Waals surface area contributed by atoms with E-state index in [0.29, 0.717) is 16.5 Å². The summed E-state index contributed by atoms with van der Waals surface area (Å²) >= 11 is 7.90. The van der Waals surface area contributed by atoms with Gasteiger partial charge in [0.2, 0.25) is 0 Å². The van der Waals surface area contributed by atoms with E-state index in [2.05, 4.69) is 22.2 Å². The van der Waals surface area contributed by atoms with Crippen LogP contribution in [0.5, 0.6) is 11.5 Å². The Morgan fingerprint density at radius 1 is 0.974 bits per heavy atom. The Morgan fingerprint density at radius 3 is 2.68 bits per heavy atom. The second kappa shape index (κ2) is 10.4. The standard InChI is InChI=1S/C30H23ClN4O2S/c1-37-26-15-18(13-14-25(26)36)30-29(35-34-20-8-6-7-19(31)16-20)28(33-24-11-4-5-12-27(24)38-30)22-17-32-23-10-3-2-9-21(22)23/h2-17,29-30,32,36H,1H3. The molecule has 0 aliphatic carbocycles. The topological polar surface area (TPSA) is 82.3 Å². The van der Waals surface area contributed by atoms with Crippen LogP contribution in [-0.4, -0.2) is 29.0 Å². The Labute approximate surface area is 229 Å². The van der Waals surface area contributed by atoms with Gasteiger partial charge in [-0.1, -0.05) is 54.1 Å². The van der Waals surface area contributed by atoms with E-state index < -0.39 is 6.04 Å². The van der Waals surface area contributed by atoms with Gasteiger partial charge in [-0.3, -0.25) is 0 Å². The lowest BCUT2D eigenvalue weighted by molar-refractivity contribution is 0.373. The molecule has 2 unspecified atom stereocenters. The van der Waals surface area contributed by atoms with Gasteiger partial charge in [0.05, 0.1) is 29.4 Å². The van der Waals surface area contributed by atoms with Crippen molar-refractivity contribution in [3.05, 3.63) is 113 Å². The number of aliphatic imine (C=N–C) groups is 1. The van der Waals surface area contributed by atoms with Crippen LogP contribution >= 0.6 is 23.4 Å². The van der Waals surface area contributed by atoms with Gasteiger partial charge >= 0.3 is 0 Å². The third kappa shape index (κ3) is 4.66. The van der Waals surface area contributed by atoms with Crippen LogP contribution < -0.4 is 4.74 Å². The summed E-state index contributed by atoms with van der Waals surface area (Å²) in [6.07, 6.45) is 1.98. The van der Waals surface area contributed by atoms with E-state index >= 15 is 0 Å². The van der Waals surface area contributed by atoms with Gasteiger partial charge in [0, 0.05) is 32.6 Å². The third-order valence-electron chi connectivity index (χ3n) is 6.43. The summed E-state index contributed by atoms with van der Waals surface area (Å²) < 4.78 is 5.45. The van der Waals surface area contributed by atoms with Gasteiger partial charge in [0.15, 0.2) is 11.5 Å². The third-order valence-corrected chi connectivity index (χ3v) is 8.05. The maximum Gasteiger partial charge on any atom is 0.160 e. The van der Waals surface area contributed by atoms with Gasteiger partial charge in [-0.2, -0.15) is 10.2 Å². The highest BCUT2D eigenvalue weighted by Crippen LogP contribution is 2.48. The summed E-state index contributed by atoms with van der Waals surface area (Å²) in [5.74, 6) is 0.481. The van der Waals surface area contributed by atoms with E-state index in [0.717, 1.165) is 38.3 Å². The maximum absolute atomic E-state index is 10.3. The summed E-state index contributed by atoms with van der Waals surface area (Å²) in [6.45, 7) is 0. The van der Waals surface area contributed by atoms with Crippen LogP contribution in [0.1, 0.15) is 16.4 Å². The van der Waals surface area contributed by atoms with Crippen LogP contribution in [0.4, 0.5) is 11.4 Å². The zero-order valence-electron chi connectivity index (χ0n) is 20.4. The number of benzene rings is 4. The molecule has 1 aliphatic rings. The van der Waals surface area contributed by atoms with Crippen LogP contribution in [0.25, 0.3) is 10.9 Å². The Morgan fingerprint density at radius 2 is 1.82 bits per heavy atom. The number of methoxy groups -OCH3 is 1. The largest absolute Gasteiger partial charge is 0.504 e. The van der Waals surface area contributed by atoms with Crippen molar-refractivity contribution in [2.75, 3.05) is 7.11 Å². The molecule has 5 aromatic rings. The van der Waals surface area contributed by atoms with E-state index in [1.54, 1.807) is 31.0 Å². The minimum absolute atomic E-state index is 0.0814. The number of ether oxygens (including phenoxy) is 1. The second-order valence-corrected chi connectivity index (χ2v) is 10.4. The molecule has 0 fully saturated rings. The molecular weight excluding hydrogens is 516 g/mol. The molecule has 38 heavy (non-hydrogen) atoms. The number of para-hydroxylation sites is 2. The Hall–Kier alpha value is -4.07. The molecule has 2 heterocycles. The van der Waals surface area contributed by atoms with E-state index in [1.807, 2.05) is 72.9 Å². The van der Waals surface area contributed by atoms with Crippen molar-refractivity contribution in [2.24, 2.45) is 15.2 Å². The van der Waals surface area contributed by atoms with Crippen molar-refractivity contribution >= 4 is 51.4 Å². The molecule has 6 nitrogen and oxygen atoms in total. The average Bonchev–Trinajstić information content (AvgIpc) is 3.29. The molecule has 1 aromatic heterocycles. The number of nitrogens with one attached hydrogen (secondary N) is 1. The molecule has 188 valence electrons. The predicted molar refractivity (Wildman–Crippen MR) is 154 cm³/mol. The fourth-order valence-electron chi connectivity index (χ4n) is 4.60. The number of hydrogen-bond acceptors (Lipinski definition) is 6. The minimum atomic E-state index is -0.472. The summed E-state index contributed by atoms with van der Waals surface area (Å²) in [7, 11) is 1.55. The molecule has 0 saturated heterocycles. The monoisotopic (exact) mass is 538 g/mol. The zero-order valence-corrected chi connectivity index (χ0v) is 21.9. The first-order chi connectivity index (χ1) is 18.6. The number of fused-ring (bicyclic) bond motifs is 2. The first-order valence-corrected chi connectivity index (χ1v) is 13.3. The van der Waals surface area contributed by atoms with Crippen molar-refractivity contribution in [2.45, 2.75) is 16.2 Å². The number of aromatic hydroxyl groups is 1. The molecule has 2 N–H and O–H groups in total. The Balaban J connectivity index is 1.58. The van der Waals surface area contributed by atoms with Crippen molar-refractivity contribution in [1.82, 2.24) is 4.98 Å². The number of nitrogens with zero attached hydrogens (tertiary/aromatic N) is 3. The van der Waals surface area contributed by atoms with Crippen molar-refractivity contribution < 1.29 is 9.84 Å². The molecule has 4 aromatic carbocycles. The van der Waals surface area contributed by atoms with Crippen LogP contribution in [0.3, 0.4) is 0 Å². The Kier molecular flexibility index (Phi) is 6.62. The van der Waals surface area contributed by atoms with E-state index in [4.69, 9.17) is 26.4 Å². The molecule has 0 radical (unpaired) electrons. The van der Waals surface area contributed by atoms with E-state index in [1.165, 1.54) is 0 Å². The molecule has 2 atom stereocenters. The van der Waals surface area contributed by atoms with Gasteiger partial charge < -0.3 is 14.8 Å². The number of hydrogen-bond donors (Lipinski definition) is 2. The summed E-state index contributed by atoms with van der Waals surface area (Å²) in [6, 6.07) is 28.5. The van der Waals surface area contributed by atoms with Gasteiger partial charge in [0.25, 0.3) is 0 Å². The fraction of sp³-hybridized carbons (Fsp3) is 0.100. The fourth-order valence-corrected chi connectivity index (χ4v) is 6.04. The number of phenols is 1. The number of halogens is 1. The highest BCUT2D eigenvalue weighted by molar-refractivity contribution is 7.99. The van der Waals surface area contributed by atoms with Gasteiger partial charge in [-0.25, -0.2) is 4.99 Å². The van der Waals surface area contributed by atoms with Gasteiger partial charge in [-0.05, 0) is 54.1 Å². The summed E-state index contributed by atoms with van der Waals surface area (Å²) in [5.41, 5.74) is 5.23. The number of aromatic amines is 1. The molecular formula is C30H23ClN4O2S. The molecule has 0 spiro atoms. The molecule has 0 bridgehead atoms. The van der Waals surface area contributed by atoms with Gasteiger partial charge in [0.1, 0.15) is 6.04 Å². The molecule has 8 heteroatoms. The number of phenolic OH excluding ortho intramolecular Hbond substituents is 1. The molecule has 0 saturated carbocycles. The lowest BCUT2D eigenvalue weighted by Gasteiger charge is -2.23. The van der Waals surface area contributed by atoms with Crippen molar-refractivity contribution in [1.29, 1.82) is 0 Å². The quantitative estimate of drug-likeness (QED) is 0.220. The number of H-pyrrole nitrogens is 1. The average molecular weight is 539 g/mol. The van der Waals surface area contributed by atoms with Crippen LogP contribution in [0.15, 0.2) is 117 Å². The van der Waals surface area contributed by atoms with E-state index in [-0.39, 0.29) is 11.0 Å². The lowest BCUT2D eigenvalue weighted by atomic mass is 9.96. The van der Waals surface area contributed by atoms with Crippen LogP contribution in [0.2, 0.25) is 5.02 Å². The number of aromatic nitrogens is 1.